The Balaban J connectivity index is 1.77. The van der Waals surface area contributed by atoms with E-state index in [2.05, 4.69) is 0 Å². The third kappa shape index (κ3) is 5.05. The second kappa shape index (κ2) is 8.32. The van der Waals surface area contributed by atoms with Gasteiger partial charge in [0.25, 0.3) is 5.91 Å². The van der Waals surface area contributed by atoms with Gasteiger partial charge < -0.3 is 4.74 Å². The maximum absolute atomic E-state index is 13.1. The molecule has 0 aromatic heterocycles. The highest BCUT2D eigenvalue weighted by Gasteiger charge is 2.27. The van der Waals surface area contributed by atoms with Gasteiger partial charge in [-0.15, -0.1) is 0 Å². The maximum Gasteiger partial charge on any atom is 0.307 e. The van der Waals surface area contributed by atoms with Gasteiger partial charge in [0.2, 0.25) is 15.9 Å². The molecule has 1 fully saturated rings. The summed E-state index contributed by atoms with van der Waals surface area (Å²) < 4.78 is 56.5. The van der Waals surface area contributed by atoms with Gasteiger partial charge in [0.05, 0.1) is 11.3 Å². The number of amides is 2. The van der Waals surface area contributed by atoms with Gasteiger partial charge in [0, 0.05) is 19.5 Å². The van der Waals surface area contributed by atoms with Gasteiger partial charge in [-0.2, -0.15) is 0 Å². The number of benzene rings is 1. The molecule has 0 bridgehead atoms. The Morgan fingerprint density at radius 2 is 1.96 bits per heavy atom. The molecule has 1 heterocycles. The van der Waals surface area contributed by atoms with E-state index in [0.717, 1.165) is 11.0 Å². The minimum absolute atomic E-state index is 0.269. The Hall–Kier alpha value is -2.40. The largest absolute Gasteiger partial charge is 0.456 e. The van der Waals surface area contributed by atoms with Crippen LogP contribution in [-0.4, -0.2) is 50.8 Å². The fourth-order valence-corrected chi connectivity index (χ4v) is 3.26. The van der Waals surface area contributed by atoms with Crippen molar-refractivity contribution in [1.82, 2.24) is 9.62 Å². The molecule has 0 unspecified atom stereocenters. The van der Waals surface area contributed by atoms with Crippen molar-refractivity contribution in [3.63, 3.8) is 0 Å². The van der Waals surface area contributed by atoms with Gasteiger partial charge >= 0.3 is 5.97 Å². The molecule has 2 amide bonds. The summed E-state index contributed by atoms with van der Waals surface area (Å²) >= 11 is 0. The third-order valence-corrected chi connectivity index (χ3v) is 5.01. The molecule has 0 saturated carbocycles. The van der Waals surface area contributed by atoms with E-state index in [1.807, 2.05) is 4.72 Å². The number of carbonyl (C=O) groups excluding carboxylic acids is 3. The van der Waals surface area contributed by atoms with Crippen LogP contribution in [0, 0.1) is 11.6 Å². The minimum atomic E-state index is -4.13. The highest BCUT2D eigenvalue weighted by atomic mass is 32.2. The zero-order chi connectivity index (χ0) is 19.3. The number of sulfonamides is 1. The summed E-state index contributed by atoms with van der Waals surface area (Å²) in [5, 5.41) is 0. The van der Waals surface area contributed by atoms with Crippen molar-refractivity contribution in [2.75, 3.05) is 19.7 Å². The van der Waals surface area contributed by atoms with Crippen LogP contribution in [0.2, 0.25) is 0 Å². The Morgan fingerprint density at radius 1 is 1.23 bits per heavy atom. The molecule has 0 radical (unpaired) electrons. The van der Waals surface area contributed by atoms with Gasteiger partial charge in [-0.3, -0.25) is 19.3 Å². The number of esters is 1. The van der Waals surface area contributed by atoms with Crippen LogP contribution in [0.15, 0.2) is 23.1 Å². The van der Waals surface area contributed by atoms with E-state index in [4.69, 9.17) is 4.74 Å². The van der Waals surface area contributed by atoms with E-state index < -0.39 is 45.0 Å². The normalized spacial score (nSPS) is 14.5. The lowest BCUT2D eigenvalue weighted by atomic mass is 10.3. The number of hydrogen-bond acceptors (Lipinski definition) is 6. The average molecular weight is 390 g/mol. The molecular formula is C15H16F2N2O6S. The highest BCUT2D eigenvalue weighted by molar-refractivity contribution is 7.89. The fourth-order valence-electron chi connectivity index (χ4n) is 2.22. The van der Waals surface area contributed by atoms with E-state index in [1.54, 1.807) is 0 Å². The molecule has 8 nitrogen and oxygen atoms in total. The van der Waals surface area contributed by atoms with Gasteiger partial charge in [-0.1, -0.05) is 0 Å². The molecule has 26 heavy (non-hydrogen) atoms. The molecule has 1 aromatic rings. The predicted octanol–water partition coefficient (Wildman–Crippen LogP) is 0.325. The number of imide groups is 1. The molecule has 11 heteroatoms. The summed E-state index contributed by atoms with van der Waals surface area (Å²) in [4.78, 5) is 35.1. The van der Waals surface area contributed by atoms with E-state index in [0.29, 0.717) is 18.6 Å². The number of nitrogens with one attached hydrogen (secondary N) is 1. The molecule has 142 valence electrons. The van der Waals surface area contributed by atoms with Gasteiger partial charge in [-0.25, -0.2) is 21.9 Å². The summed E-state index contributed by atoms with van der Waals surface area (Å²) in [7, 11) is -4.13. The highest BCUT2D eigenvalue weighted by Crippen LogP contribution is 2.13. The second-order valence-corrected chi connectivity index (χ2v) is 7.19. The van der Waals surface area contributed by atoms with Gasteiger partial charge in [-0.05, 0) is 24.6 Å². The van der Waals surface area contributed by atoms with Crippen LogP contribution >= 0.6 is 0 Å². The lowest BCUT2D eigenvalue weighted by molar-refractivity contribution is -0.154. The molecule has 1 saturated heterocycles. The number of carbonyl (C=O) groups is 3. The second-order valence-electron chi connectivity index (χ2n) is 5.43. The van der Waals surface area contributed by atoms with Crippen molar-refractivity contribution < 1.29 is 36.3 Å². The van der Waals surface area contributed by atoms with E-state index >= 15 is 0 Å². The predicted molar refractivity (Wildman–Crippen MR) is 83.1 cm³/mol. The monoisotopic (exact) mass is 390 g/mol. The van der Waals surface area contributed by atoms with Crippen LogP contribution in [0.1, 0.15) is 19.3 Å². The van der Waals surface area contributed by atoms with Gasteiger partial charge in [0.1, 0.15) is 0 Å². The average Bonchev–Trinajstić information content (AvgIpc) is 3.01. The Labute approximate surface area is 148 Å². The molecule has 0 atom stereocenters. The lowest BCUT2D eigenvalue weighted by Crippen LogP contribution is -2.35. The molecule has 0 spiro atoms. The minimum Gasteiger partial charge on any atom is -0.456 e. The van der Waals surface area contributed by atoms with Crippen molar-refractivity contribution in [3.8, 4) is 0 Å². The molecule has 1 aliphatic heterocycles. The van der Waals surface area contributed by atoms with Crippen LogP contribution in [0.4, 0.5) is 8.78 Å². The fraction of sp³-hybridized carbons (Fsp3) is 0.400. The number of halogens is 2. The molecular weight excluding hydrogens is 374 g/mol. The lowest BCUT2D eigenvalue weighted by Gasteiger charge is -2.13. The number of nitrogens with zero attached hydrogens (tertiary/aromatic N) is 1. The molecule has 1 aromatic carbocycles. The first-order valence-corrected chi connectivity index (χ1v) is 9.12. The van der Waals surface area contributed by atoms with Gasteiger partial charge in [0.15, 0.2) is 18.2 Å². The molecule has 1 N–H and O–H groups in total. The molecule has 1 aliphatic rings. The van der Waals surface area contributed by atoms with Crippen molar-refractivity contribution in [2.45, 2.75) is 24.2 Å². The van der Waals surface area contributed by atoms with Crippen LogP contribution in [0.3, 0.4) is 0 Å². The van der Waals surface area contributed by atoms with E-state index in [-0.39, 0.29) is 31.8 Å². The number of hydrogen-bond donors (Lipinski definition) is 1. The summed E-state index contributed by atoms with van der Waals surface area (Å²) in [6.07, 6.45) is 0.444. The molecule has 2 rings (SSSR count). The van der Waals surface area contributed by atoms with Crippen molar-refractivity contribution in [1.29, 1.82) is 0 Å². The smallest absolute Gasteiger partial charge is 0.307 e. The maximum atomic E-state index is 13.1. The topological polar surface area (TPSA) is 110 Å². The number of rotatable bonds is 7. The summed E-state index contributed by atoms with van der Waals surface area (Å²) in [5.74, 6) is -4.32. The van der Waals surface area contributed by atoms with Crippen molar-refractivity contribution in [2.24, 2.45) is 0 Å². The zero-order valence-corrected chi connectivity index (χ0v) is 14.4. The SMILES string of the molecule is O=C(CCNS(=O)(=O)c1ccc(F)c(F)c1)OCC(=O)N1CCCC1=O. The quantitative estimate of drug-likeness (QED) is 0.672. The number of ether oxygens (including phenoxy) is 1. The summed E-state index contributed by atoms with van der Waals surface area (Å²) in [5.41, 5.74) is 0. The first kappa shape index (κ1) is 19.9. The van der Waals surface area contributed by atoms with Crippen LogP contribution in [-0.2, 0) is 29.1 Å². The first-order valence-electron chi connectivity index (χ1n) is 7.64. The summed E-state index contributed by atoms with van der Waals surface area (Å²) in [6, 6.07) is 2.07. The molecule has 0 aliphatic carbocycles. The zero-order valence-electron chi connectivity index (χ0n) is 13.5. The van der Waals surface area contributed by atoms with Crippen molar-refractivity contribution in [3.05, 3.63) is 29.8 Å². The first-order chi connectivity index (χ1) is 12.2. The third-order valence-electron chi connectivity index (χ3n) is 3.55. The van der Waals surface area contributed by atoms with E-state index in [9.17, 15) is 31.6 Å². The number of likely N-dealkylation sites (tertiary alicyclic amines) is 1. The van der Waals surface area contributed by atoms with Crippen LogP contribution in [0.25, 0.3) is 0 Å². The van der Waals surface area contributed by atoms with Crippen LogP contribution < -0.4 is 4.72 Å². The Bertz CT molecular complexity index is 827. The standard InChI is InChI=1S/C15H16F2N2O6S/c16-11-4-3-10(8-12(11)17)26(23,24)18-6-5-15(22)25-9-14(21)19-7-1-2-13(19)20/h3-4,8,18H,1-2,5-7,9H2. The van der Waals surface area contributed by atoms with Crippen molar-refractivity contribution >= 4 is 27.8 Å². The van der Waals surface area contributed by atoms with E-state index in [1.165, 1.54) is 0 Å². The summed E-state index contributed by atoms with van der Waals surface area (Å²) in [6.45, 7) is -0.694. The Kier molecular flexibility index (Phi) is 6.37. The van der Waals surface area contributed by atoms with Crippen LogP contribution in [0.5, 0.6) is 0 Å². The Morgan fingerprint density at radius 3 is 2.58 bits per heavy atom.